The van der Waals surface area contributed by atoms with Gasteiger partial charge in [-0.25, -0.2) is 4.98 Å². The largest absolute Gasteiger partial charge is 0.497 e. The Bertz CT molecular complexity index is 1630. The van der Waals surface area contributed by atoms with E-state index in [2.05, 4.69) is 17.6 Å². The standard InChI is InChI=1S/C28H26N4O2/c1-17(2)20-10-13-22-24(16-20)32(23-7-6-14-29-18(23)3)28(33)26-27(22)31(4)25(30-26)15-19-8-11-21(34-5)12-9-19/h6-14,16H,1,15H2,2-5H3. The van der Waals surface area contributed by atoms with Crippen molar-refractivity contribution in [3.05, 3.63) is 100 Å². The minimum atomic E-state index is -0.158. The molecular weight excluding hydrogens is 424 g/mol. The Kier molecular flexibility index (Phi) is 5.28. The first-order valence-electron chi connectivity index (χ1n) is 11.1. The lowest BCUT2D eigenvalue weighted by Crippen LogP contribution is -2.21. The predicted molar refractivity (Wildman–Crippen MR) is 137 cm³/mol. The van der Waals surface area contributed by atoms with E-state index in [1.54, 1.807) is 17.9 Å². The molecule has 0 aliphatic heterocycles. The lowest BCUT2D eigenvalue weighted by Gasteiger charge is -2.15. The van der Waals surface area contributed by atoms with Crippen molar-refractivity contribution in [2.75, 3.05) is 7.11 Å². The van der Waals surface area contributed by atoms with Crippen molar-refractivity contribution in [3.63, 3.8) is 0 Å². The van der Waals surface area contributed by atoms with Crippen molar-refractivity contribution >= 4 is 27.5 Å². The Morgan fingerprint density at radius 3 is 2.56 bits per heavy atom. The summed E-state index contributed by atoms with van der Waals surface area (Å²) >= 11 is 0. The van der Waals surface area contributed by atoms with Crippen molar-refractivity contribution in [1.29, 1.82) is 0 Å². The molecule has 0 amide bonds. The molecule has 0 spiro atoms. The van der Waals surface area contributed by atoms with E-state index < -0.39 is 0 Å². The van der Waals surface area contributed by atoms with Crippen LogP contribution in [-0.2, 0) is 13.5 Å². The van der Waals surface area contributed by atoms with Gasteiger partial charge in [0.1, 0.15) is 11.6 Å². The minimum Gasteiger partial charge on any atom is -0.497 e. The van der Waals surface area contributed by atoms with Crippen LogP contribution in [0.4, 0.5) is 0 Å². The van der Waals surface area contributed by atoms with Crippen LogP contribution >= 0.6 is 0 Å². The van der Waals surface area contributed by atoms with E-state index in [0.717, 1.165) is 56.1 Å². The van der Waals surface area contributed by atoms with Crippen LogP contribution in [0.25, 0.3) is 33.2 Å². The number of methoxy groups -OCH3 is 1. The fraction of sp³-hybridized carbons (Fsp3) is 0.179. The van der Waals surface area contributed by atoms with Crippen LogP contribution in [0.1, 0.15) is 29.6 Å². The molecule has 2 aromatic carbocycles. The average molecular weight is 451 g/mol. The SMILES string of the molecule is C=C(C)c1ccc2c3c(nc(Cc4ccc(OC)cc4)n3C)c(=O)n(-c3cccnc3C)c2c1. The zero-order valence-corrected chi connectivity index (χ0v) is 19.8. The molecule has 5 aromatic rings. The maximum absolute atomic E-state index is 13.9. The number of benzene rings is 2. The van der Waals surface area contributed by atoms with Gasteiger partial charge in [-0.3, -0.25) is 14.3 Å². The molecule has 0 N–H and O–H groups in total. The van der Waals surface area contributed by atoms with Gasteiger partial charge in [-0.1, -0.05) is 36.4 Å². The highest BCUT2D eigenvalue weighted by molar-refractivity contribution is 6.04. The number of aryl methyl sites for hydroxylation is 2. The van der Waals surface area contributed by atoms with Crippen LogP contribution in [-0.4, -0.2) is 26.2 Å². The molecule has 0 aliphatic rings. The number of imidazole rings is 1. The van der Waals surface area contributed by atoms with Crippen molar-refractivity contribution in [3.8, 4) is 11.4 Å². The third-order valence-electron chi connectivity index (χ3n) is 6.32. The number of aromatic nitrogens is 4. The molecule has 0 atom stereocenters. The van der Waals surface area contributed by atoms with Gasteiger partial charge in [0.05, 0.1) is 29.5 Å². The van der Waals surface area contributed by atoms with E-state index >= 15 is 0 Å². The number of pyridine rings is 2. The maximum atomic E-state index is 13.9. The Morgan fingerprint density at radius 2 is 1.88 bits per heavy atom. The first-order chi connectivity index (χ1) is 16.4. The minimum absolute atomic E-state index is 0.158. The van der Waals surface area contributed by atoms with Crippen molar-refractivity contribution < 1.29 is 4.74 Å². The van der Waals surface area contributed by atoms with Crippen molar-refractivity contribution in [1.82, 2.24) is 19.1 Å². The van der Waals surface area contributed by atoms with Gasteiger partial charge >= 0.3 is 0 Å². The number of nitrogens with zero attached hydrogens (tertiary/aromatic N) is 4. The quantitative estimate of drug-likeness (QED) is 0.369. The Hall–Kier alpha value is -4.19. The summed E-state index contributed by atoms with van der Waals surface area (Å²) in [6, 6.07) is 17.8. The second-order valence-electron chi connectivity index (χ2n) is 8.57. The zero-order valence-electron chi connectivity index (χ0n) is 19.8. The number of rotatable bonds is 5. The number of hydrogen-bond acceptors (Lipinski definition) is 4. The normalized spacial score (nSPS) is 11.3. The molecule has 6 nitrogen and oxygen atoms in total. The number of allylic oxidation sites excluding steroid dienone is 1. The molecule has 6 heteroatoms. The molecule has 0 bridgehead atoms. The third-order valence-corrected chi connectivity index (χ3v) is 6.32. The summed E-state index contributed by atoms with van der Waals surface area (Å²) in [5, 5.41) is 0.957. The van der Waals surface area contributed by atoms with E-state index in [0.29, 0.717) is 11.9 Å². The van der Waals surface area contributed by atoms with Gasteiger partial charge < -0.3 is 9.30 Å². The topological polar surface area (TPSA) is 61.9 Å². The van der Waals surface area contributed by atoms with Gasteiger partial charge in [-0.15, -0.1) is 0 Å². The molecule has 0 unspecified atom stereocenters. The van der Waals surface area contributed by atoms with Gasteiger partial charge in [0.25, 0.3) is 5.56 Å². The first kappa shape index (κ1) is 21.6. The molecule has 0 radical (unpaired) electrons. The Labute approximate surface area is 197 Å². The fourth-order valence-corrected chi connectivity index (χ4v) is 4.44. The molecule has 5 rings (SSSR count). The predicted octanol–water partition coefficient (Wildman–Crippen LogP) is 5.21. The summed E-state index contributed by atoms with van der Waals surface area (Å²) in [6.45, 7) is 7.97. The number of hydrogen-bond donors (Lipinski definition) is 0. The van der Waals surface area contributed by atoms with Gasteiger partial charge in [-0.05, 0) is 55.3 Å². The fourth-order valence-electron chi connectivity index (χ4n) is 4.44. The summed E-state index contributed by atoms with van der Waals surface area (Å²) in [4.78, 5) is 23.2. The average Bonchev–Trinajstić information content (AvgIpc) is 3.16. The van der Waals surface area contributed by atoms with E-state index in [4.69, 9.17) is 9.72 Å². The van der Waals surface area contributed by atoms with Crippen LogP contribution in [0, 0.1) is 6.92 Å². The third kappa shape index (κ3) is 3.48. The molecule has 0 saturated heterocycles. The van der Waals surface area contributed by atoms with Gasteiger partial charge in [0.15, 0.2) is 5.52 Å². The molecule has 3 heterocycles. The maximum Gasteiger partial charge on any atom is 0.283 e. The molecule has 0 saturated carbocycles. The van der Waals surface area contributed by atoms with E-state index in [9.17, 15) is 4.79 Å². The summed E-state index contributed by atoms with van der Waals surface area (Å²) in [7, 11) is 3.62. The second-order valence-corrected chi connectivity index (χ2v) is 8.57. The molecule has 3 aromatic heterocycles. The smallest absolute Gasteiger partial charge is 0.283 e. The highest BCUT2D eigenvalue weighted by Gasteiger charge is 2.20. The van der Waals surface area contributed by atoms with Crippen LogP contribution in [0.2, 0.25) is 0 Å². The molecule has 34 heavy (non-hydrogen) atoms. The summed E-state index contributed by atoms with van der Waals surface area (Å²) in [5.41, 5.74) is 6.48. The van der Waals surface area contributed by atoms with Gasteiger partial charge in [-0.2, -0.15) is 0 Å². The Balaban J connectivity index is 1.81. The van der Waals surface area contributed by atoms with Crippen LogP contribution in [0.5, 0.6) is 5.75 Å². The van der Waals surface area contributed by atoms with Crippen LogP contribution < -0.4 is 10.3 Å². The van der Waals surface area contributed by atoms with E-state index in [-0.39, 0.29) is 5.56 Å². The summed E-state index contributed by atoms with van der Waals surface area (Å²) in [5.74, 6) is 1.63. The summed E-state index contributed by atoms with van der Waals surface area (Å²) in [6.07, 6.45) is 2.34. The van der Waals surface area contributed by atoms with E-state index in [1.807, 2.05) is 74.0 Å². The zero-order chi connectivity index (χ0) is 24.0. The monoisotopic (exact) mass is 450 g/mol. The number of fused-ring (bicyclic) bond motifs is 3. The van der Waals surface area contributed by atoms with Crippen LogP contribution in [0.15, 0.2) is 72.2 Å². The highest BCUT2D eigenvalue weighted by atomic mass is 16.5. The lowest BCUT2D eigenvalue weighted by molar-refractivity contribution is 0.414. The number of ether oxygens (including phenoxy) is 1. The van der Waals surface area contributed by atoms with E-state index in [1.165, 1.54) is 0 Å². The van der Waals surface area contributed by atoms with Crippen molar-refractivity contribution in [2.24, 2.45) is 7.05 Å². The van der Waals surface area contributed by atoms with Crippen molar-refractivity contribution in [2.45, 2.75) is 20.3 Å². The lowest BCUT2D eigenvalue weighted by atomic mass is 10.0. The summed E-state index contributed by atoms with van der Waals surface area (Å²) < 4.78 is 9.03. The second kappa shape index (κ2) is 8.30. The van der Waals surface area contributed by atoms with Gasteiger partial charge in [0.2, 0.25) is 0 Å². The first-order valence-corrected chi connectivity index (χ1v) is 11.1. The van der Waals surface area contributed by atoms with Crippen LogP contribution in [0.3, 0.4) is 0 Å². The molecule has 0 aliphatic carbocycles. The Morgan fingerprint density at radius 1 is 1.12 bits per heavy atom. The highest BCUT2D eigenvalue weighted by Crippen LogP contribution is 2.29. The molecular formula is C28H26N4O2. The molecule has 0 fully saturated rings. The van der Waals surface area contributed by atoms with Gasteiger partial charge in [0, 0.05) is 25.1 Å². The molecule has 170 valence electrons.